The lowest BCUT2D eigenvalue weighted by atomic mass is 10.0. The molecule has 0 atom stereocenters. The minimum absolute atomic E-state index is 0.0394. The summed E-state index contributed by atoms with van der Waals surface area (Å²) in [6, 6.07) is 13.9. The second-order valence-corrected chi connectivity index (χ2v) is 6.86. The molecule has 142 valence electrons. The Balaban J connectivity index is 1.30. The number of carbonyl (C=O) groups is 1. The fourth-order valence-electron chi connectivity index (χ4n) is 3.29. The molecule has 1 amide bonds. The van der Waals surface area contributed by atoms with E-state index in [-0.39, 0.29) is 5.91 Å². The maximum atomic E-state index is 12.2. The largest absolute Gasteiger partial charge is 0.351 e. The molecule has 0 spiro atoms. The van der Waals surface area contributed by atoms with Crippen LogP contribution in [0, 0.1) is 0 Å². The molecule has 0 bridgehead atoms. The smallest absolute Gasteiger partial charge is 0.234 e. The van der Waals surface area contributed by atoms with Gasteiger partial charge in [0, 0.05) is 43.8 Å². The summed E-state index contributed by atoms with van der Waals surface area (Å²) in [5.74, 6) is 0.0394. The molecule has 1 aliphatic rings. The molecule has 6 heteroatoms. The van der Waals surface area contributed by atoms with Crippen LogP contribution in [0.1, 0.15) is 17.5 Å². The first-order valence-electron chi connectivity index (χ1n) is 9.45. The number of aromatic nitrogens is 3. The predicted molar refractivity (Wildman–Crippen MR) is 109 cm³/mol. The molecule has 4 rings (SSSR count). The van der Waals surface area contributed by atoms with Gasteiger partial charge in [0.2, 0.25) is 5.91 Å². The Morgan fingerprint density at radius 2 is 2.00 bits per heavy atom. The van der Waals surface area contributed by atoms with Crippen molar-refractivity contribution in [3.63, 3.8) is 0 Å². The topological polar surface area (TPSA) is 63.1 Å². The highest BCUT2D eigenvalue weighted by Gasteiger charge is 2.16. The highest BCUT2D eigenvalue weighted by Crippen LogP contribution is 2.22. The quantitative estimate of drug-likeness (QED) is 0.722. The molecule has 0 saturated heterocycles. The van der Waals surface area contributed by atoms with Crippen LogP contribution in [-0.4, -0.2) is 45.2 Å². The van der Waals surface area contributed by atoms with Crippen LogP contribution in [0.5, 0.6) is 0 Å². The molecule has 1 aliphatic heterocycles. The molecule has 28 heavy (non-hydrogen) atoms. The van der Waals surface area contributed by atoms with Crippen LogP contribution >= 0.6 is 0 Å². The second kappa shape index (κ2) is 8.63. The van der Waals surface area contributed by atoms with Crippen molar-refractivity contribution in [1.82, 2.24) is 25.0 Å². The maximum Gasteiger partial charge on any atom is 0.234 e. The Bertz CT molecular complexity index is 949. The van der Waals surface area contributed by atoms with Crippen molar-refractivity contribution < 1.29 is 4.79 Å². The van der Waals surface area contributed by atoms with Crippen molar-refractivity contribution in [2.45, 2.75) is 13.0 Å². The Hall–Kier alpha value is -3.25. The number of hydrogen-bond acceptors (Lipinski definition) is 4. The zero-order chi connectivity index (χ0) is 19.2. The summed E-state index contributed by atoms with van der Waals surface area (Å²) in [5.41, 5.74) is 4.49. The van der Waals surface area contributed by atoms with Crippen molar-refractivity contribution in [3.8, 4) is 5.69 Å². The lowest BCUT2D eigenvalue weighted by Crippen LogP contribution is -2.39. The van der Waals surface area contributed by atoms with E-state index in [1.807, 2.05) is 53.3 Å². The van der Waals surface area contributed by atoms with Crippen molar-refractivity contribution >= 4 is 11.5 Å². The number of carbonyl (C=O) groups excluding carboxylic acids is 1. The van der Waals surface area contributed by atoms with Gasteiger partial charge in [-0.05, 0) is 35.8 Å². The minimum atomic E-state index is 0.0394. The van der Waals surface area contributed by atoms with E-state index >= 15 is 0 Å². The Morgan fingerprint density at radius 1 is 1.11 bits per heavy atom. The van der Waals surface area contributed by atoms with E-state index in [9.17, 15) is 4.79 Å². The molecule has 3 heterocycles. The molecule has 0 aliphatic carbocycles. The van der Waals surface area contributed by atoms with E-state index in [1.165, 1.54) is 5.57 Å². The molecular weight excluding hydrogens is 350 g/mol. The van der Waals surface area contributed by atoms with Gasteiger partial charge in [0.1, 0.15) is 0 Å². The fraction of sp³-hybridized carbons (Fsp3) is 0.227. The summed E-state index contributed by atoms with van der Waals surface area (Å²) in [7, 11) is 0. The van der Waals surface area contributed by atoms with Gasteiger partial charge in [-0.3, -0.25) is 14.7 Å². The number of hydrogen-bond donors (Lipinski definition) is 1. The summed E-state index contributed by atoms with van der Waals surface area (Å²) in [5, 5.41) is 7.43. The van der Waals surface area contributed by atoms with Gasteiger partial charge in [0.25, 0.3) is 0 Å². The third-order valence-electron chi connectivity index (χ3n) is 4.85. The van der Waals surface area contributed by atoms with Gasteiger partial charge in [-0.25, -0.2) is 4.68 Å². The van der Waals surface area contributed by atoms with Gasteiger partial charge in [-0.15, -0.1) is 0 Å². The summed E-state index contributed by atoms with van der Waals surface area (Å²) >= 11 is 0. The molecule has 0 saturated carbocycles. The molecule has 1 aromatic carbocycles. The molecule has 0 unspecified atom stereocenters. The van der Waals surface area contributed by atoms with Crippen LogP contribution < -0.4 is 5.32 Å². The van der Waals surface area contributed by atoms with Gasteiger partial charge in [0.05, 0.1) is 18.4 Å². The van der Waals surface area contributed by atoms with Gasteiger partial charge in [0.15, 0.2) is 0 Å². The van der Waals surface area contributed by atoms with Gasteiger partial charge < -0.3 is 5.32 Å². The number of benzene rings is 1. The van der Waals surface area contributed by atoms with Crippen LogP contribution in [-0.2, 0) is 11.3 Å². The van der Waals surface area contributed by atoms with E-state index in [0.717, 1.165) is 36.3 Å². The molecule has 6 nitrogen and oxygen atoms in total. The van der Waals surface area contributed by atoms with Crippen LogP contribution in [0.15, 0.2) is 73.3 Å². The van der Waals surface area contributed by atoms with Gasteiger partial charge in [-0.2, -0.15) is 5.10 Å². The molecular formula is C22H23N5O. The number of rotatable bonds is 6. The lowest BCUT2D eigenvalue weighted by Gasteiger charge is -2.25. The summed E-state index contributed by atoms with van der Waals surface area (Å²) in [4.78, 5) is 18.4. The first-order chi connectivity index (χ1) is 13.8. The predicted octanol–water partition coefficient (Wildman–Crippen LogP) is 2.67. The maximum absolute atomic E-state index is 12.2. The van der Waals surface area contributed by atoms with E-state index in [4.69, 9.17) is 0 Å². The molecule has 2 aromatic heterocycles. The van der Waals surface area contributed by atoms with Crippen LogP contribution in [0.4, 0.5) is 0 Å². The first kappa shape index (κ1) is 18.1. The SMILES string of the molecule is O=C(CN1CC=C(c2cnn(-c3ccccc3)c2)CC1)NCc1cccnc1. The standard InChI is InChI=1S/C22H23N5O/c28-22(24-14-18-5-4-10-23-13-18)17-26-11-8-19(9-12-26)20-15-25-27(16-20)21-6-2-1-3-7-21/h1-8,10,13,15-16H,9,11-12,14,17H2,(H,24,28). The average molecular weight is 373 g/mol. The third-order valence-corrected chi connectivity index (χ3v) is 4.85. The number of amides is 1. The summed E-state index contributed by atoms with van der Waals surface area (Å²) in [6.45, 7) is 2.56. The Labute approximate surface area is 164 Å². The molecule has 0 fully saturated rings. The molecule has 3 aromatic rings. The van der Waals surface area contributed by atoms with Crippen molar-refractivity contribution in [1.29, 1.82) is 0 Å². The Kier molecular flexibility index (Phi) is 5.58. The lowest BCUT2D eigenvalue weighted by molar-refractivity contribution is -0.122. The van der Waals surface area contributed by atoms with Crippen LogP contribution in [0.25, 0.3) is 11.3 Å². The Morgan fingerprint density at radius 3 is 2.75 bits per heavy atom. The minimum Gasteiger partial charge on any atom is -0.351 e. The van der Waals surface area contributed by atoms with Crippen molar-refractivity contribution in [2.75, 3.05) is 19.6 Å². The van der Waals surface area contributed by atoms with E-state index in [2.05, 4.69) is 32.6 Å². The summed E-state index contributed by atoms with van der Waals surface area (Å²) < 4.78 is 1.90. The first-order valence-corrected chi connectivity index (χ1v) is 9.45. The highest BCUT2D eigenvalue weighted by molar-refractivity contribution is 5.78. The zero-order valence-corrected chi connectivity index (χ0v) is 15.7. The van der Waals surface area contributed by atoms with E-state index in [0.29, 0.717) is 13.1 Å². The van der Waals surface area contributed by atoms with Gasteiger partial charge >= 0.3 is 0 Å². The monoisotopic (exact) mass is 373 g/mol. The van der Waals surface area contributed by atoms with Gasteiger partial charge in [-0.1, -0.05) is 30.3 Å². The van der Waals surface area contributed by atoms with Crippen LogP contribution in [0.2, 0.25) is 0 Å². The number of pyridine rings is 1. The second-order valence-electron chi connectivity index (χ2n) is 6.86. The van der Waals surface area contributed by atoms with E-state index in [1.54, 1.807) is 12.4 Å². The van der Waals surface area contributed by atoms with Crippen molar-refractivity contribution in [3.05, 3.63) is 84.5 Å². The zero-order valence-electron chi connectivity index (χ0n) is 15.7. The highest BCUT2D eigenvalue weighted by atomic mass is 16.2. The molecule has 0 radical (unpaired) electrons. The number of nitrogens with one attached hydrogen (secondary N) is 1. The number of nitrogens with zero attached hydrogens (tertiary/aromatic N) is 4. The fourth-order valence-corrected chi connectivity index (χ4v) is 3.29. The average Bonchev–Trinajstić information content (AvgIpc) is 3.25. The summed E-state index contributed by atoms with van der Waals surface area (Å²) in [6.07, 6.45) is 10.6. The van der Waals surface area contributed by atoms with Crippen LogP contribution in [0.3, 0.4) is 0 Å². The normalized spacial score (nSPS) is 14.5. The molecule has 1 N–H and O–H groups in total. The number of para-hydroxylation sites is 1. The van der Waals surface area contributed by atoms with Crippen molar-refractivity contribution in [2.24, 2.45) is 0 Å². The third kappa shape index (κ3) is 4.53. The van der Waals surface area contributed by atoms with E-state index < -0.39 is 0 Å².